The van der Waals surface area contributed by atoms with Crippen molar-refractivity contribution in [3.8, 4) is 0 Å². The van der Waals surface area contributed by atoms with Gasteiger partial charge < -0.3 is 5.32 Å². The maximum Gasteiger partial charge on any atom is 0.127 e. The molecule has 20 heavy (non-hydrogen) atoms. The molecular formula is C18H22FN. The van der Waals surface area contributed by atoms with E-state index in [1.54, 1.807) is 6.07 Å². The summed E-state index contributed by atoms with van der Waals surface area (Å²) in [7, 11) is 0. The zero-order chi connectivity index (χ0) is 14.7. The lowest BCUT2D eigenvalue weighted by Gasteiger charge is -2.18. The van der Waals surface area contributed by atoms with Crippen LogP contribution < -0.4 is 5.32 Å². The molecule has 0 aliphatic rings. The third kappa shape index (κ3) is 3.26. The third-order valence-corrected chi connectivity index (χ3v) is 3.91. The fraction of sp³-hybridized carbons (Fsp3) is 0.333. The highest BCUT2D eigenvalue weighted by Gasteiger charge is 2.10. The average Bonchev–Trinajstić information content (AvgIpc) is 2.41. The Bertz CT molecular complexity index is 604. The summed E-state index contributed by atoms with van der Waals surface area (Å²) in [5.41, 5.74) is 5.88. The van der Waals surface area contributed by atoms with Crippen molar-refractivity contribution in [1.82, 2.24) is 5.32 Å². The van der Waals surface area contributed by atoms with Gasteiger partial charge in [-0.2, -0.15) is 0 Å². The minimum absolute atomic E-state index is 0.149. The van der Waals surface area contributed by atoms with Gasteiger partial charge in [0.05, 0.1) is 0 Å². The lowest BCUT2D eigenvalue weighted by atomic mass is 9.96. The SMILES string of the molecule is Cc1cc(C)c(C(C)NCc2ccccc2F)cc1C. The second-order valence-corrected chi connectivity index (χ2v) is 5.49. The van der Waals surface area contributed by atoms with Gasteiger partial charge in [-0.3, -0.25) is 0 Å². The molecule has 0 bridgehead atoms. The van der Waals surface area contributed by atoms with Gasteiger partial charge in [-0.15, -0.1) is 0 Å². The van der Waals surface area contributed by atoms with Crippen LogP contribution in [0.1, 0.15) is 40.8 Å². The summed E-state index contributed by atoms with van der Waals surface area (Å²) in [5.74, 6) is -0.149. The van der Waals surface area contributed by atoms with E-state index < -0.39 is 0 Å². The number of rotatable bonds is 4. The van der Waals surface area contributed by atoms with Crippen LogP contribution in [0.15, 0.2) is 36.4 Å². The number of nitrogens with one attached hydrogen (secondary N) is 1. The molecule has 0 radical (unpaired) electrons. The molecule has 0 fully saturated rings. The zero-order valence-corrected chi connectivity index (χ0v) is 12.6. The number of benzene rings is 2. The van der Waals surface area contributed by atoms with Gasteiger partial charge in [0.25, 0.3) is 0 Å². The summed E-state index contributed by atoms with van der Waals surface area (Å²) in [6.07, 6.45) is 0. The largest absolute Gasteiger partial charge is 0.306 e. The Balaban J connectivity index is 2.11. The Hall–Kier alpha value is -1.67. The first-order valence-corrected chi connectivity index (χ1v) is 7.03. The first-order chi connectivity index (χ1) is 9.49. The average molecular weight is 271 g/mol. The van der Waals surface area contributed by atoms with Gasteiger partial charge in [0, 0.05) is 18.2 Å². The molecule has 0 amide bonds. The summed E-state index contributed by atoms with van der Waals surface area (Å²) in [6, 6.07) is 11.6. The molecule has 2 aromatic rings. The maximum absolute atomic E-state index is 13.6. The van der Waals surface area contributed by atoms with E-state index in [2.05, 4.69) is 45.1 Å². The molecule has 0 aliphatic heterocycles. The van der Waals surface area contributed by atoms with E-state index in [9.17, 15) is 4.39 Å². The van der Waals surface area contributed by atoms with E-state index in [-0.39, 0.29) is 11.9 Å². The molecule has 1 N–H and O–H groups in total. The Labute approximate surface area is 120 Å². The van der Waals surface area contributed by atoms with Crippen LogP contribution in [0.3, 0.4) is 0 Å². The van der Waals surface area contributed by atoms with Crippen molar-refractivity contribution in [3.05, 3.63) is 70.0 Å². The van der Waals surface area contributed by atoms with Crippen LogP contribution >= 0.6 is 0 Å². The van der Waals surface area contributed by atoms with Crippen molar-refractivity contribution >= 4 is 0 Å². The molecule has 1 atom stereocenters. The van der Waals surface area contributed by atoms with Crippen LogP contribution in [0.4, 0.5) is 4.39 Å². The van der Waals surface area contributed by atoms with Crippen LogP contribution in [0.5, 0.6) is 0 Å². The highest BCUT2D eigenvalue weighted by atomic mass is 19.1. The van der Waals surface area contributed by atoms with E-state index in [4.69, 9.17) is 0 Å². The summed E-state index contributed by atoms with van der Waals surface area (Å²) in [4.78, 5) is 0. The number of aryl methyl sites for hydroxylation is 3. The van der Waals surface area contributed by atoms with Crippen molar-refractivity contribution in [2.24, 2.45) is 0 Å². The standard InChI is InChI=1S/C18H22FN/c1-12-9-14(3)17(10-13(12)2)15(4)20-11-16-7-5-6-8-18(16)19/h5-10,15,20H,11H2,1-4H3. The van der Waals surface area contributed by atoms with Gasteiger partial charge in [-0.1, -0.05) is 30.3 Å². The molecule has 1 nitrogen and oxygen atoms in total. The molecule has 2 rings (SSSR count). The van der Waals surface area contributed by atoms with E-state index in [1.807, 2.05) is 12.1 Å². The minimum Gasteiger partial charge on any atom is -0.306 e. The highest BCUT2D eigenvalue weighted by Crippen LogP contribution is 2.22. The number of halogens is 1. The predicted octanol–water partition coefficient (Wildman–Crippen LogP) is 4.60. The summed E-state index contributed by atoms with van der Waals surface area (Å²) in [5, 5.41) is 3.40. The summed E-state index contributed by atoms with van der Waals surface area (Å²) < 4.78 is 13.6. The van der Waals surface area contributed by atoms with E-state index in [0.717, 1.165) is 0 Å². The molecule has 1 unspecified atom stereocenters. The normalized spacial score (nSPS) is 12.4. The first kappa shape index (κ1) is 14.7. The molecule has 2 aromatic carbocycles. The zero-order valence-electron chi connectivity index (χ0n) is 12.6. The molecule has 0 heterocycles. The topological polar surface area (TPSA) is 12.0 Å². The molecule has 0 spiro atoms. The first-order valence-electron chi connectivity index (χ1n) is 7.03. The Kier molecular flexibility index (Phi) is 4.56. The fourth-order valence-corrected chi connectivity index (χ4v) is 2.46. The second kappa shape index (κ2) is 6.19. The van der Waals surface area contributed by atoms with Gasteiger partial charge in [-0.05, 0) is 56.0 Å². The van der Waals surface area contributed by atoms with Gasteiger partial charge in [0.2, 0.25) is 0 Å². The smallest absolute Gasteiger partial charge is 0.127 e. The van der Waals surface area contributed by atoms with Crippen molar-refractivity contribution in [2.45, 2.75) is 40.3 Å². The predicted molar refractivity (Wildman–Crippen MR) is 82.3 cm³/mol. The fourth-order valence-electron chi connectivity index (χ4n) is 2.46. The second-order valence-electron chi connectivity index (χ2n) is 5.49. The van der Waals surface area contributed by atoms with Crippen molar-refractivity contribution in [2.75, 3.05) is 0 Å². The Morgan fingerprint density at radius 3 is 2.35 bits per heavy atom. The summed E-state index contributed by atoms with van der Waals surface area (Å²) >= 11 is 0. The molecule has 0 aliphatic carbocycles. The molecular weight excluding hydrogens is 249 g/mol. The van der Waals surface area contributed by atoms with Crippen molar-refractivity contribution < 1.29 is 4.39 Å². The molecule has 0 saturated carbocycles. The van der Waals surface area contributed by atoms with Gasteiger partial charge >= 0.3 is 0 Å². The third-order valence-electron chi connectivity index (χ3n) is 3.91. The van der Waals surface area contributed by atoms with Crippen LogP contribution in [0.25, 0.3) is 0 Å². The molecule has 0 saturated heterocycles. The quantitative estimate of drug-likeness (QED) is 0.856. The number of hydrogen-bond donors (Lipinski definition) is 1. The van der Waals surface area contributed by atoms with Crippen LogP contribution in [0.2, 0.25) is 0 Å². The molecule has 106 valence electrons. The van der Waals surface area contributed by atoms with Crippen molar-refractivity contribution in [3.63, 3.8) is 0 Å². The van der Waals surface area contributed by atoms with E-state index in [1.165, 1.54) is 28.3 Å². The molecule has 0 aromatic heterocycles. The van der Waals surface area contributed by atoms with E-state index in [0.29, 0.717) is 12.1 Å². The lowest BCUT2D eigenvalue weighted by Crippen LogP contribution is -2.19. The van der Waals surface area contributed by atoms with Crippen LogP contribution in [0, 0.1) is 26.6 Å². The Morgan fingerprint density at radius 1 is 1.00 bits per heavy atom. The van der Waals surface area contributed by atoms with E-state index >= 15 is 0 Å². The lowest BCUT2D eigenvalue weighted by molar-refractivity contribution is 0.542. The van der Waals surface area contributed by atoms with Gasteiger partial charge in [-0.25, -0.2) is 4.39 Å². The Morgan fingerprint density at radius 2 is 1.65 bits per heavy atom. The van der Waals surface area contributed by atoms with Gasteiger partial charge in [0.1, 0.15) is 5.82 Å². The number of hydrogen-bond acceptors (Lipinski definition) is 1. The maximum atomic E-state index is 13.6. The highest BCUT2D eigenvalue weighted by molar-refractivity contribution is 5.38. The van der Waals surface area contributed by atoms with Crippen molar-refractivity contribution in [1.29, 1.82) is 0 Å². The monoisotopic (exact) mass is 271 g/mol. The minimum atomic E-state index is -0.149. The summed E-state index contributed by atoms with van der Waals surface area (Å²) in [6.45, 7) is 9.05. The molecule has 2 heteroatoms. The van der Waals surface area contributed by atoms with Crippen LogP contribution in [-0.2, 0) is 6.54 Å². The van der Waals surface area contributed by atoms with Crippen LogP contribution in [-0.4, -0.2) is 0 Å². The van der Waals surface area contributed by atoms with Gasteiger partial charge in [0.15, 0.2) is 0 Å².